The highest BCUT2D eigenvalue weighted by molar-refractivity contribution is 5.95. The summed E-state index contributed by atoms with van der Waals surface area (Å²) in [5.74, 6) is 0.0724. The van der Waals surface area contributed by atoms with Crippen molar-refractivity contribution < 1.29 is 9.90 Å². The summed E-state index contributed by atoms with van der Waals surface area (Å²) in [7, 11) is 0. The van der Waals surface area contributed by atoms with Crippen molar-refractivity contribution in [3.63, 3.8) is 0 Å². The van der Waals surface area contributed by atoms with Crippen molar-refractivity contribution in [1.29, 1.82) is 0 Å². The molecule has 0 fully saturated rings. The first-order chi connectivity index (χ1) is 8.00. The van der Waals surface area contributed by atoms with Gasteiger partial charge in [0.2, 0.25) is 0 Å². The molecule has 4 nitrogen and oxygen atoms in total. The number of phenolic OH excluding ortho intramolecular Hbond substituents is 1. The van der Waals surface area contributed by atoms with Crippen molar-refractivity contribution in [1.82, 2.24) is 5.32 Å². The largest absolute Gasteiger partial charge is 0.508 e. The Morgan fingerprint density at radius 2 is 2.24 bits per heavy atom. The van der Waals surface area contributed by atoms with Crippen LogP contribution in [0.4, 0.5) is 0 Å². The van der Waals surface area contributed by atoms with Crippen LogP contribution in [-0.4, -0.2) is 23.6 Å². The van der Waals surface area contributed by atoms with Crippen LogP contribution < -0.4 is 11.1 Å². The van der Waals surface area contributed by atoms with E-state index in [0.717, 1.165) is 18.4 Å². The highest BCUT2D eigenvalue weighted by Crippen LogP contribution is 2.15. The lowest BCUT2D eigenvalue weighted by molar-refractivity contribution is 0.0952. The van der Waals surface area contributed by atoms with E-state index in [1.165, 1.54) is 6.07 Å². The summed E-state index contributed by atoms with van der Waals surface area (Å²) in [5, 5.41) is 12.1. The Balaban J connectivity index is 2.47. The standard InChI is InChI=1S/C13H20N2O2/c1-9-8-11(16)5-6-12(9)13(17)15-7-3-4-10(2)14/h5-6,8,10,16H,3-4,7,14H2,1-2H3,(H,15,17). The van der Waals surface area contributed by atoms with Gasteiger partial charge in [-0.15, -0.1) is 0 Å². The molecule has 1 unspecified atom stereocenters. The van der Waals surface area contributed by atoms with E-state index in [4.69, 9.17) is 5.73 Å². The van der Waals surface area contributed by atoms with Crippen LogP contribution in [0.15, 0.2) is 18.2 Å². The van der Waals surface area contributed by atoms with Gasteiger partial charge in [-0.25, -0.2) is 0 Å². The van der Waals surface area contributed by atoms with Gasteiger partial charge >= 0.3 is 0 Å². The maximum absolute atomic E-state index is 11.8. The number of hydrogen-bond donors (Lipinski definition) is 3. The third kappa shape index (κ3) is 4.44. The Morgan fingerprint density at radius 3 is 2.82 bits per heavy atom. The summed E-state index contributed by atoms with van der Waals surface area (Å²) < 4.78 is 0. The molecule has 0 saturated heterocycles. The second-order valence-electron chi connectivity index (χ2n) is 4.37. The van der Waals surface area contributed by atoms with Crippen LogP contribution in [0.25, 0.3) is 0 Å². The zero-order valence-electron chi connectivity index (χ0n) is 10.4. The molecule has 17 heavy (non-hydrogen) atoms. The molecule has 0 heterocycles. The van der Waals surface area contributed by atoms with E-state index in [1.807, 2.05) is 6.92 Å². The molecule has 1 amide bonds. The van der Waals surface area contributed by atoms with Gasteiger partial charge in [-0.2, -0.15) is 0 Å². The van der Waals surface area contributed by atoms with Crippen LogP contribution in [0.5, 0.6) is 5.75 Å². The highest BCUT2D eigenvalue weighted by atomic mass is 16.3. The zero-order valence-corrected chi connectivity index (χ0v) is 10.4. The number of phenols is 1. The first kappa shape index (κ1) is 13.5. The molecular weight excluding hydrogens is 216 g/mol. The predicted octanol–water partition coefficient (Wildman–Crippen LogP) is 1.56. The summed E-state index contributed by atoms with van der Waals surface area (Å²) in [6.45, 7) is 4.38. The number of carbonyl (C=O) groups excluding carboxylic acids is 1. The van der Waals surface area contributed by atoms with Crippen LogP contribution in [0.1, 0.15) is 35.7 Å². The van der Waals surface area contributed by atoms with Gasteiger partial charge < -0.3 is 16.2 Å². The third-order valence-electron chi connectivity index (χ3n) is 2.58. The fraction of sp³-hybridized carbons (Fsp3) is 0.462. The molecule has 4 heteroatoms. The number of hydrogen-bond acceptors (Lipinski definition) is 3. The minimum atomic E-state index is -0.104. The van der Waals surface area contributed by atoms with E-state index in [0.29, 0.717) is 12.1 Å². The summed E-state index contributed by atoms with van der Waals surface area (Å²) in [6, 6.07) is 4.90. The zero-order chi connectivity index (χ0) is 12.8. The number of aromatic hydroxyl groups is 1. The minimum absolute atomic E-state index is 0.104. The molecule has 1 atom stereocenters. The Kier molecular flexibility index (Phi) is 4.97. The van der Waals surface area contributed by atoms with E-state index >= 15 is 0 Å². The van der Waals surface area contributed by atoms with Gasteiger partial charge in [0.25, 0.3) is 5.91 Å². The van der Waals surface area contributed by atoms with Crippen LogP contribution in [0.2, 0.25) is 0 Å². The monoisotopic (exact) mass is 236 g/mol. The number of carbonyl (C=O) groups is 1. The Bertz CT molecular complexity index is 389. The third-order valence-corrected chi connectivity index (χ3v) is 2.58. The van der Waals surface area contributed by atoms with Crippen LogP contribution >= 0.6 is 0 Å². The summed E-state index contributed by atoms with van der Waals surface area (Å²) >= 11 is 0. The Morgan fingerprint density at radius 1 is 1.53 bits per heavy atom. The molecule has 0 aromatic heterocycles. The fourth-order valence-corrected chi connectivity index (χ4v) is 1.62. The van der Waals surface area contributed by atoms with Gasteiger partial charge in [-0.3, -0.25) is 4.79 Å². The topological polar surface area (TPSA) is 75.3 Å². The van der Waals surface area contributed by atoms with Crippen molar-refractivity contribution in [3.8, 4) is 5.75 Å². The van der Waals surface area contributed by atoms with Gasteiger partial charge in [0.05, 0.1) is 0 Å². The van der Waals surface area contributed by atoms with E-state index in [2.05, 4.69) is 5.32 Å². The maximum Gasteiger partial charge on any atom is 0.251 e. The quantitative estimate of drug-likeness (QED) is 0.679. The van der Waals surface area contributed by atoms with Crippen LogP contribution in [-0.2, 0) is 0 Å². The lowest BCUT2D eigenvalue weighted by atomic mass is 10.1. The van der Waals surface area contributed by atoms with Crippen LogP contribution in [0, 0.1) is 6.92 Å². The predicted molar refractivity (Wildman–Crippen MR) is 68.1 cm³/mol. The molecular formula is C13H20N2O2. The van der Waals surface area contributed by atoms with E-state index in [9.17, 15) is 9.90 Å². The average molecular weight is 236 g/mol. The van der Waals surface area contributed by atoms with Gasteiger partial charge in [0.15, 0.2) is 0 Å². The van der Waals surface area contributed by atoms with E-state index in [1.54, 1.807) is 19.1 Å². The maximum atomic E-state index is 11.8. The molecule has 0 aliphatic rings. The van der Waals surface area contributed by atoms with Gasteiger partial charge in [0, 0.05) is 18.2 Å². The summed E-state index contributed by atoms with van der Waals surface area (Å²) in [4.78, 5) is 11.8. The van der Waals surface area contributed by atoms with E-state index < -0.39 is 0 Å². The number of rotatable bonds is 5. The second-order valence-corrected chi connectivity index (χ2v) is 4.37. The number of amides is 1. The molecule has 0 bridgehead atoms. The molecule has 1 aromatic rings. The van der Waals surface area contributed by atoms with Crippen molar-refractivity contribution in [3.05, 3.63) is 29.3 Å². The van der Waals surface area contributed by atoms with Crippen molar-refractivity contribution in [2.75, 3.05) is 6.54 Å². The molecule has 94 valence electrons. The molecule has 1 aromatic carbocycles. The molecule has 0 radical (unpaired) electrons. The number of nitrogens with two attached hydrogens (primary N) is 1. The molecule has 1 rings (SSSR count). The number of benzene rings is 1. The Labute approximate surface area is 102 Å². The van der Waals surface area contributed by atoms with Gasteiger partial charge in [-0.05, 0) is 50.5 Å². The lowest BCUT2D eigenvalue weighted by Gasteiger charge is -2.09. The molecule has 0 aliphatic carbocycles. The second kappa shape index (κ2) is 6.25. The number of nitrogens with one attached hydrogen (secondary N) is 1. The minimum Gasteiger partial charge on any atom is -0.508 e. The summed E-state index contributed by atoms with van der Waals surface area (Å²) in [6.07, 6.45) is 1.77. The van der Waals surface area contributed by atoms with Crippen molar-refractivity contribution >= 4 is 5.91 Å². The smallest absolute Gasteiger partial charge is 0.251 e. The average Bonchev–Trinajstić information content (AvgIpc) is 2.23. The lowest BCUT2D eigenvalue weighted by Crippen LogP contribution is -2.26. The fourth-order valence-electron chi connectivity index (χ4n) is 1.62. The molecule has 0 spiro atoms. The first-order valence-electron chi connectivity index (χ1n) is 5.84. The molecule has 0 aliphatic heterocycles. The normalized spacial score (nSPS) is 12.2. The van der Waals surface area contributed by atoms with Crippen LogP contribution in [0.3, 0.4) is 0 Å². The molecule has 0 saturated carbocycles. The molecule has 4 N–H and O–H groups in total. The van der Waals surface area contributed by atoms with E-state index in [-0.39, 0.29) is 17.7 Å². The van der Waals surface area contributed by atoms with Gasteiger partial charge in [-0.1, -0.05) is 0 Å². The number of aryl methyl sites for hydroxylation is 1. The Hall–Kier alpha value is -1.55. The highest BCUT2D eigenvalue weighted by Gasteiger charge is 2.08. The summed E-state index contributed by atoms with van der Waals surface area (Å²) in [5.41, 5.74) is 6.99. The van der Waals surface area contributed by atoms with Crippen molar-refractivity contribution in [2.24, 2.45) is 5.73 Å². The van der Waals surface area contributed by atoms with Gasteiger partial charge in [0.1, 0.15) is 5.75 Å². The van der Waals surface area contributed by atoms with Crippen molar-refractivity contribution in [2.45, 2.75) is 32.7 Å². The first-order valence-corrected chi connectivity index (χ1v) is 5.84. The SMILES string of the molecule is Cc1cc(O)ccc1C(=O)NCCCC(C)N.